The lowest BCUT2D eigenvalue weighted by Crippen LogP contribution is -2.40. The molecule has 1 saturated heterocycles. The maximum atomic E-state index is 12.4. The van der Waals surface area contributed by atoms with Crippen molar-refractivity contribution in [2.45, 2.75) is 38.3 Å². The summed E-state index contributed by atoms with van der Waals surface area (Å²) in [5, 5.41) is 20.8. The number of aliphatic hydroxyl groups excluding tert-OH is 1. The number of rotatable bonds is 3. The normalized spacial score (nSPS) is 19.5. The zero-order chi connectivity index (χ0) is 16.5. The number of hydrogen-bond donors (Lipinski definition) is 2. The number of aryl methyl sites for hydroxylation is 1. The van der Waals surface area contributed by atoms with Crippen LogP contribution in [0.15, 0.2) is 24.3 Å². The highest BCUT2D eigenvalue weighted by Crippen LogP contribution is 2.26. The summed E-state index contributed by atoms with van der Waals surface area (Å²) < 4.78 is 2.14. The SMILES string of the molecule is O=C(Nc1cccc(-c2nnc3n2CCC3)c1)N1CCC[C@@H]1CO. The Morgan fingerprint density at radius 3 is 3.08 bits per heavy atom. The van der Waals surface area contributed by atoms with Crippen LogP contribution in [0.4, 0.5) is 10.5 Å². The minimum Gasteiger partial charge on any atom is -0.394 e. The molecule has 7 nitrogen and oxygen atoms in total. The first kappa shape index (κ1) is 15.1. The average Bonchev–Trinajstić information content (AvgIpc) is 3.31. The second kappa shape index (κ2) is 6.24. The summed E-state index contributed by atoms with van der Waals surface area (Å²) in [7, 11) is 0. The summed E-state index contributed by atoms with van der Waals surface area (Å²) in [6, 6.07) is 7.46. The van der Waals surface area contributed by atoms with Crippen LogP contribution < -0.4 is 5.32 Å². The number of carbonyl (C=O) groups is 1. The number of nitrogens with zero attached hydrogens (tertiary/aromatic N) is 4. The quantitative estimate of drug-likeness (QED) is 0.901. The summed E-state index contributed by atoms with van der Waals surface area (Å²) in [5.41, 5.74) is 1.69. The Labute approximate surface area is 140 Å². The molecular weight excluding hydrogens is 306 g/mol. The van der Waals surface area contributed by atoms with Crippen LogP contribution in [0.2, 0.25) is 0 Å². The van der Waals surface area contributed by atoms with Crippen LogP contribution >= 0.6 is 0 Å². The van der Waals surface area contributed by atoms with Gasteiger partial charge in [0.25, 0.3) is 0 Å². The van der Waals surface area contributed by atoms with E-state index in [1.165, 1.54) is 0 Å². The number of aromatic nitrogens is 3. The molecule has 7 heteroatoms. The first-order valence-corrected chi connectivity index (χ1v) is 8.47. The van der Waals surface area contributed by atoms with Crippen molar-refractivity contribution in [2.24, 2.45) is 0 Å². The number of aliphatic hydroxyl groups is 1. The van der Waals surface area contributed by atoms with E-state index in [0.717, 1.165) is 55.1 Å². The van der Waals surface area contributed by atoms with Gasteiger partial charge in [0.15, 0.2) is 5.82 Å². The Morgan fingerprint density at radius 2 is 2.21 bits per heavy atom. The highest BCUT2D eigenvalue weighted by atomic mass is 16.3. The van der Waals surface area contributed by atoms with Crippen molar-refractivity contribution in [1.29, 1.82) is 0 Å². The molecule has 126 valence electrons. The predicted molar refractivity (Wildman–Crippen MR) is 89.6 cm³/mol. The minimum atomic E-state index is -0.157. The molecule has 2 aliphatic rings. The smallest absolute Gasteiger partial charge is 0.322 e. The number of likely N-dealkylation sites (tertiary alicyclic amines) is 1. The van der Waals surface area contributed by atoms with Gasteiger partial charge in [-0.2, -0.15) is 0 Å². The van der Waals surface area contributed by atoms with Crippen LogP contribution in [0.5, 0.6) is 0 Å². The highest BCUT2D eigenvalue weighted by Gasteiger charge is 2.28. The molecule has 3 heterocycles. The third-order valence-electron chi connectivity index (χ3n) is 4.83. The molecule has 4 rings (SSSR count). The zero-order valence-corrected chi connectivity index (χ0v) is 13.5. The number of anilines is 1. The molecule has 24 heavy (non-hydrogen) atoms. The van der Waals surface area contributed by atoms with Gasteiger partial charge in [-0.25, -0.2) is 4.79 Å². The summed E-state index contributed by atoms with van der Waals surface area (Å²) in [6.45, 7) is 1.65. The molecule has 0 spiro atoms. The van der Waals surface area contributed by atoms with Crippen LogP contribution in [-0.2, 0) is 13.0 Å². The summed E-state index contributed by atoms with van der Waals surface area (Å²) in [4.78, 5) is 14.1. The van der Waals surface area contributed by atoms with Crippen molar-refractivity contribution in [3.63, 3.8) is 0 Å². The third-order valence-corrected chi connectivity index (χ3v) is 4.83. The van der Waals surface area contributed by atoms with Crippen molar-refractivity contribution in [3.05, 3.63) is 30.1 Å². The number of amides is 2. The predicted octanol–water partition coefficient (Wildman–Crippen LogP) is 1.88. The summed E-state index contributed by atoms with van der Waals surface area (Å²) in [5.74, 6) is 1.88. The number of nitrogens with one attached hydrogen (secondary N) is 1. The Hall–Kier alpha value is -2.41. The average molecular weight is 327 g/mol. The molecule has 0 saturated carbocycles. The topological polar surface area (TPSA) is 83.3 Å². The Morgan fingerprint density at radius 1 is 1.29 bits per heavy atom. The molecule has 0 radical (unpaired) electrons. The van der Waals surface area contributed by atoms with Crippen LogP contribution in [0.25, 0.3) is 11.4 Å². The van der Waals surface area contributed by atoms with Crippen LogP contribution in [-0.4, -0.2) is 50.0 Å². The minimum absolute atomic E-state index is 0.0132. The van der Waals surface area contributed by atoms with Crippen molar-refractivity contribution in [1.82, 2.24) is 19.7 Å². The van der Waals surface area contributed by atoms with Gasteiger partial charge in [0.2, 0.25) is 0 Å². The molecule has 0 unspecified atom stereocenters. The number of fused-ring (bicyclic) bond motifs is 1. The second-order valence-corrected chi connectivity index (χ2v) is 6.38. The first-order chi connectivity index (χ1) is 11.8. The fourth-order valence-corrected chi connectivity index (χ4v) is 3.59. The lowest BCUT2D eigenvalue weighted by atomic mass is 10.2. The van der Waals surface area contributed by atoms with E-state index in [9.17, 15) is 9.90 Å². The van der Waals surface area contributed by atoms with Crippen LogP contribution in [0.3, 0.4) is 0 Å². The molecule has 2 aromatic rings. The Kier molecular flexibility index (Phi) is 3.93. The number of benzene rings is 1. The van der Waals surface area contributed by atoms with Gasteiger partial charge in [-0.1, -0.05) is 12.1 Å². The van der Waals surface area contributed by atoms with Gasteiger partial charge in [0, 0.05) is 30.8 Å². The van der Waals surface area contributed by atoms with E-state index in [2.05, 4.69) is 20.1 Å². The van der Waals surface area contributed by atoms with Gasteiger partial charge >= 0.3 is 6.03 Å². The standard InChI is InChI=1S/C17H21N5O2/c23-11-14-6-2-8-21(14)17(24)18-13-5-1-4-12(10-13)16-20-19-15-7-3-9-22(15)16/h1,4-5,10,14,23H,2-3,6-9,11H2,(H,18,24)/t14-/m1/s1. The largest absolute Gasteiger partial charge is 0.394 e. The van der Waals surface area contributed by atoms with Crippen molar-refractivity contribution < 1.29 is 9.90 Å². The second-order valence-electron chi connectivity index (χ2n) is 6.38. The summed E-state index contributed by atoms with van der Waals surface area (Å²) in [6.07, 6.45) is 3.87. The Balaban J connectivity index is 1.53. The van der Waals surface area contributed by atoms with Crippen molar-refractivity contribution >= 4 is 11.7 Å². The van der Waals surface area contributed by atoms with E-state index < -0.39 is 0 Å². The molecule has 1 fully saturated rings. The molecule has 1 atom stereocenters. The molecule has 1 aromatic heterocycles. The van der Waals surface area contributed by atoms with Gasteiger partial charge in [0.1, 0.15) is 5.82 Å². The van der Waals surface area contributed by atoms with E-state index in [1.54, 1.807) is 4.90 Å². The van der Waals surface area contributed by atoms with Crippen molar-refractivity contribution in [3.8, 4) is 11.4 Å². The van der Waals surface area contributed by atoms with Gasteiger partial charge < -0.3 is 19.9 Å². The zero-order valence-electron chi connectivity index (χ0n) is 13.5. The molecule has 1 aromatic carbocycles. The number of hydrogen-bond acceptors (Lipinski definition) is 4. The Bertz CT molecular complexity index is 757. The van der Waals surface area contributed by atoms with E-state index in [-0.39, 0.29) is 18.7 Å². The number of carbonyl (C=O) groups excluding carboxylic acids is 1. The fraction of sp³-hybridized carbons (Fsp3) is 0.471. The van der Waals surface area contributed by atoms with Gasteiger partial charge in [-0.15, -0.1) is 10.2 Å². The van der Waals surface area contributed by atoms with Gasteiger partial charge in [-0.05, 0) is 31.4 Å². The maximum Gasteiger partial charge on any atom is 0.322 e. The lowest BCUT2D eigenvalue weighted by Gasteiger charge is -2.23. The van der Waals surface area contributed by atoms with Crippen LogP contribution in [0, 0.1) is 0 Å². The highest BCUT2D eigenvalue weighted by molar-refractivity contribution is 5.90. The molecule has 2 amide bonds. The van der Waals surface area contributed by atoms with Crippen molar-refractivity contribution in [2.75, 3.05) is 18.5 Å². The van der Waals surface area contributed by atoms with E-state index in [1.807, 2.05) is 24.3 Å². The number of urea groups is 1. The molecular formula is C17H21N5O2. The third kappa shape index (κ3) is 2.65. The van der Waals surface area contributed by atoms with Gasteiger partial charge in [0.05, 0.1) is 12.6 Å². The summed E-state index contributed by atoms with van der Waals surface area (Å²) >= 11 is 0. The monoisotopic (exact) mass is 327 g/mol. The molecule has 2 N–H and O–H groups in total. The fourth-order valence-electron chi connectivity index (χ4n) is 3.59. The lowest BCUT2D eigenvalue weighted by molar-refractivity contribution is 0.166. The van der Waals surface area contributed by atoms with E-state index in [0.29, 0.717) is 6.54 Å². The van der Waals surface area contributed by atoms with Gasteiger partial charge in [-0.3, -0.25) is 0 Å². The van der Waals surface area contributed by atoms with Crippen LogP contribution in [0.1, 0.15) is 25.1 Å². The molecule has 0 aliphatic carbocycles. The molecule has 0 bridgehead atoms. The maximum absolute atomic E-state index is 12.4. The van der Waals surface area contributed by atoms with E-state index in [4.69, 9.17) is 0 Å². The first-order valence-electron chi connectivity index (χ1n) is 8.47. The molecule has 2 aliphatic heterocycles. The van der Waals surface area contributed by atoms with E-state index >= 15 is 0 Å².